The van der Waals surface area contributed by atoms with Crippen LogP contribution in [0.3, 0.4) is 0 Å². The maximum absolute atomic E-state index is 12.1. The number of benzene rings is 1. The Morgan fingerprint density at radius 1 is 1.23 bits per heavy atom. The summed E-state index contributed by atoms with van der Waals surface area (Å²) in [5, 5.41) is 11.9. The van der Waals surface area contributed by atoms with Gasteiger partial charge in [-0.3, -0.25) is 4.79 Å². The highest BCUT2D eigenvalue weighted by Crippen LogP contribution is 2.22. The summed E-state index contributed by atoms with van der Waals surface area (Å²) < 4.78 is 26.8. The lowest BCUT2D eigenvalue weighted by molar-refractivity contribution is -0.147. The standard InChI is InChI=1S/C18H26N2O5S/c1-3-12-18(2,17(22)23)19-16(21)11-6-13-4-9-15(10-5-13)26(24,25)20-14-7-8-14/h4-5,9-10,14,20H,3,6-8,11-12H2,1-2H3,(H,19,21)(H,22,23). The number of hydrogen-bond acceptors (Lipinski definition) is 4. The Morgan fingerprint density at radius 3 is 2.35 bits per heavy atom. The largest absolute Gasteiger partial charge is 0.480 e. The van der Waals surface area contributed by atoms with Gasteiger partial charge in [0.25, 0.3) is 0 Å². The molecule has 1 aliphatic carbocycles. The van der Waals surface area contributed by atoms with Crippen molar-refractivity contribution in [3.05, 3.63) is 29.8 Å². The van der Waals surface area contributed by atoms with Gasteiger partial charge in [-0.2, -0.15) is 0 Å². The second kappa shape index (κ2) is 8.18. The van der Waals surface area contributed by atoms with Gasteiger partial charge in [-0.05, 0) is 50.3 Å². The number of carbonyl (C=O) groups is 2. The summed E-state index contributed by atoms with van der Waals surface area (Å²) in [6, 6.07) is 6.45. The lowest BCUT2D eigenvalue weighted by atomic mass is 9.96. The summed E-state index contributed by atoms with van der Waals surface area (Å²) >= 11 is 0. The highest BCUT2D eigenvalue weighted by atomic mass is 32.2. The van der Waals surface area contributed by atoms with Gasteiger partial charge < -0.3 is 10.4 Å². The minimum absolute atomic E-state index is 0.0510. The van der Waals surface area contributed by atoms with Gasteiger partial charge in [-0.25, -0.2) is 17.9 Å². The number of carboxylic acid groups (broad SMARTS) is 1. The van der Waals surface area contributed by atoms with Gasteiger partial charge in [0.05, 0.1) is 4.90 Å². The number of hydrogen-bond donors (Lipinski definition) is 3. The Hall–Kier alpha value is -1.93. The first kappa shape index (κ1) is 20.4. The van der Waals surface area contributed by atoms with Crippen LogP contribution in [0.2, 0.25) is 0 Å². The molecule has 3 N–H and O–H groups in total. The van der Waals surface area contributed by atoms with Crippen LogP contribution in [0.5, 0.6) is 0 Å². The molecule has 1 fully saturated rings. The molecular weight excluding hydrogens is 356 g/mol. The number of sulfonamides is 1. The van der Waals surface area contributed by atoms with E-state index in [4.69, 9.17) is 0 Å². The van der Waals surface area contributed by atoms with E-state index in [1.807, 2.05) is 6.92 Å². The van der Waals surface area contributed by atoms with E-state index in [9.17, 15) is 23.1 Å². The highest BCUT2D eigenvalue weighted by Gasteiger charge is 2.33. The molecule has 8 heteroatoms. The zero-order chi connectivity index (χ0) is 19.4. The minimum Gasteiger partial charge on any atom is -0.480 e. The van der Waals surface area contributed by atoms with Crippen LogP contribution in [0, 0.1) is 0 Å². The topological polar surface area (TPSA) is 113 Å². The fourth-order valence-corrected chi connectivity index (χ4v) is 3.98. The molecule has 0 aliphatic heterocycles. The minimum atomic E-state index is -3.48. The fourth-order valence-electron chi connectivity index (χ4n) is 2.67. The van der Waals surface area contributed by atoms with Crippen LogP contribution in [0.25, 0.3) is 0 Å². The van der Waals surface area contributed by atoms with Gasteiger partial charge in [-0.1, -0.05) is 25.5 Å². The number of carbonyl (C=O) groups excluding carboxylic acids is 1. The second-order valence-corrected chi connectivity index (χ2v) is 8.69. The fraction of sp³-hybridized carbons (Fsp3) is 0.556. The van der Waals surface area contributed by atoms with Crippen molar-refractivity contribution in [1.29, 1.82) is 0 Å². The summed E-state index contributed by atoms with van der Waals surface area (Å²) in [4.78, 5) is 23.6. The van der Waals surface area contributed by atoms with Gasteiger partial charge in [0, 0.05) is 12.5 Å². The van der Waals surface area contributed by atoms with E-state index in [0.717, 1.165) is 18.4 Å². The Bertz CT molecular complexity index is 756. The van der Waals surface area contributed by atoms with Crippen LogP contribution in [-0.2, 0) is 26.0 Å². The van der Waals surface area contributed by atoms with E-state index in [0.29, 0.717) is 19.3 Å². The third kappa shape index (κ3) is 5.54. The maximum Gasteiger partial charge on any atom is 0.329 e. The Kier molecular flexibility index (Phi) is 6.41. The number of aliphatic carboxylic acids is 1. The molecule has 1 aromatic rings. The van der Waals surface area contributed by atoms with E-state index >= 15 is 0 Å². The summed E-state index contributed by atoms with van der Waals surface area (Å²) in [6.45, 7) is 3.37. The number of nitrogens with one attached hydrogen (secondary N) is 2. The van der Waals surface area contributed by atoms with Crippen LogP contribution in [0.15, 0.2) is 29.2 Å². The summed E-state index contributed by atoms with van der Waals surface area (Å²) in [5.74, 6) is -1.39. The van der Waals surface area contributed by atoms with Crippen LogP contribution >= 0.6 is 0 Å². The quantitative estimate of drug-likeness (QED) is 0.571. The molecular formula is C18H26N2O5S. The molecule has 1 amide bonds. The first-order valence-electron chi connectivity index (χ1n) is 8.82. The SMILES string of the molecule is CCCC(C)(NC(=O)CCc1ccc(S(=O)(=O)NC2CC2)cc1)C(=O)O. The van der Waals surface area contributed by atoms with Crippen molar-refractivity contribution in [3.8, 4) is 0 Å². The molecule has 1 atom stereocenters. The third-order valence-corrected chi connectivity index (χ3v) is 5.95. The maximum atomic E-state index is 12.1. The third-order valence-electron chi connectivity index (χ3n) is 4.41. The van der Waals surface area contributed by atoms with Gasteiger partial charge >= 0.3 is 5.97 Å². The normalized spacial score (nSPS) is 16.7. The lowest BCUT2D eigenvalue weighted by Gasteiger charge is -2.25. The molecule has 1 aliphatic rings. The highest BCUT2D eigenvalue weighted by molar-refractivity contribution is 7.89. The van der Waals surface area contributed by atoms with Crippen LogP contribution in [0.4, 0.5) is 0 Å². The predicted molar refractivity (Wildman–Crippen MR) is 97.2 cm³/mol. The van der Waals surface area contributed by atoms with E-state index in [1.165, 1.54) is 19.1 Å². The molecule has 0 heterocycles. The first-order chi connectivity index (χ1) is 12.2. The molecule has 1 aromatic carbocycles. The van der Waals surface area contributed by atoms with Crippen molar-refractivity contribution in [2.45, 2.75) is 68.8 Å². The number of carboxylic acids is 1. The molecule has 0 spiro atoms. The van der Waals surface area contributed by atoms with E-state index in [2.05, 4.69) is 10.0 Å². The van der Waals surface area contributed by atoms with Crippen LogP contribution < -0.4 is 10.0 Å². The van der Waals surface area contributed by atoms with Crippen molar-refractivity contribution in [2.24, 2.45) is 0 Å². The molecule has 0 radical (unpaired) electrons. The smallest absolute Gasteiger partial charge is 0.329 e. The van der Waals surface area contributed by atoms with E-state index in [-0.39, 0.29) is 23.3 Å². The molecule has 26 heavy (non-hydrogen) atoms. The van der Waals surface area contributed by atoms with Crippen molar-refractivity contribution in [1.82, 2.24) is 10.0 Å². The molecule has 7 nitrogen and oxygen atoms in total. The first-order valence-corrected chi connectivity index (χ1v) is 10.3. The monoisotopic (exact) mass is 382 g/mol. The number of amides is 1. The lowest BCUT2D eigenvalue weighted by Crippen LogP contribution is -2.52. The van der Waals surface area contributed by atoms with E-state index in [1.54, 1.807) is 12.1 Å². The number of rotatable bonds is 10. The zero-order valence-electron chi connectivity index (χ0n) is 15.1. The summed E-state index contributed by atoms with van der Waals surface area (Å²) in [5.41, 5.74) is -0.448. The Labute approximate surface area is 154 Å². The molecule has 1 saturated carbocycles. The van der Waals surface area contributed by atoms with Crippen molar-refractivity contribution >= 4 is 21.9 Å². The average Bonchev–Trinajstić information content (AvgIpc) is 3.36. The van der Waals surface area contributed by atoms with Crippen molar-refractivity contribution in [3.63, 3.8) is 0 Å². The van der Waals surface area contributed by atoms with E-state index < -0.39 is 21.5 Å². The van der Waals surface area contributed by atoms with Gasteiger partial charge in [0.1, 0.15) is 5.54 Å². The zero-order valence-corrected chi connectivity index (χ0v) is 15.9. The van der Waals surface area contributed by atoms with Crippen LogP contribution in [-0.4, -0.2) is 37.0 Å². The molecule has 144 valence electrons. The Morgan fingerprint density at radius 2 is 1.85 bits per heavy atom. The predicted octanol–water partition coefficient (Wildman–Crippen LogP) is 1.82. The van der Waals surface area contributed by atoms with Gasteiger partial charge in [0.2, 0.25) is 15.9 Å². The van der Waals surface area contributed by atoms with Crippen molar-refractivity contribution in [2.75, 3.05) is 0 Å². The molecule has 0 bridgehead atoms. The molecule has 2 rings (SSSR count). The van der Waals surface area contributed by atoms with Gasteiger partial charge in [0.15, 0.2) is 0 Å². The van der Waals surface area contributed by atoms with Crippen LogP contribution in [0.1, 0.15) is 51.5 Å². The number of aryl methyl sites for hydroxylation is 1. The Balaban J connectivity index is 1.91. The molecule has 1 unspecified atom stereocenters. The second-order valence-electron chi connectivity index (χ2n) is 6.97. The average molecular weight is 382 g/mol. The molecule has 0 saturated heterocycles. The summed E-state index contributed by atoms with van der Waals surface area (Å²) in [6.07, 6.45) is 3.30. The van der Waals surface area contributed by atoms with Gasteiger partial charge in [-0.15, -0.1) is 0 Å². The van der Waals surface area contributed by atoms with Crippen molar-refractivity contribution < 1.29 is 23.1 Å². The summed E-state index contributed by atoms with van der Waals surface area (Å²) in [7, 11) is -3.48. The molecule has 0 aromatic heterocycles.